The standard InChI is InChI=1S/C28H33NO2S/c1-2-8-24-19-26(31-25-10-4-3-5-11-25)16-17-28(24)30-18-7-6-9-22-12-14-23(15-13-22)27-20-32-21-29-27/h3-5,10-17,19,27,29H,2,6-9,18,20-21H2,1H3. The molecule has 1 fully saturated rings. The van der Waals surface area contributed by atoms with Crippen molar-refractivity contribution in [2.45, 2.75) is 45.1 Å². The summed E-state index contributed by atoms with van der Waals surface area (Å²) >= 11 is 1.97. The van der Waals surface area contributed by atoms with Gasteiger partial charge in [0.15, 0.2) is 0 Å². The highest BCUT2D eigenvalue weighted by atomic mass is 32.2. The molecule has 1 saturated heterocycles. The SMILES string of the molecule is CCCc1cc(Oc2ccccc2)ccc1OCCCCc1ccc(C2CSCN2)cc1. The molecule has 3 aromatic rings. The molecule has 3 aromatic carbocycles. The maximum absolute atomic E-state index is 6.15. The quantitative estimate of drug-likeness (QED) is 0.316. The van der Waals surface area contributed by atoms with E-state index in [9.17, 15) is 0 Å². The van der Waals surface area contributed by atoms with Crippen LogP contribution in [0.1, 0.15) is 48.9 Å². The number of aryl methyl sites for hydroxylation is 2. The van der Waals surface area contributed by atoms with E-state index in [0.29, 0.717) is 6.04 Å². The number of unbranched alkanes of at least 4 members (excludes halogenated alkanes) is 1. The first kappa shape index (κ1) is 22.8. The van der Waals surface area contributed by atoms with Crippen LogP contribution in [0.4, 0.5) is 0 Å². The Morgan fingerprint density at radius 2 is 1.75 bits per heavy atom. The van der Waals surface area contributed by atoms with Crippen molar-refractivity contribution in [1.29, 1.82) is 0 Å². The van der Waals surface area contributed by atoms with Crippen LogP contribution in [0.3, 0.4) is 0 Å². The number of benzene rings is 3. The zero-order chi connectivity index (χ0) is 22.0. The lowest BCUT2D eigenvalue weighted by Gasteiger charge is -2.14. The zero-order valence-corrected chi connectivity index (χ0v) is 19.7. The van der Waals surface area contributed by atoms with Crippen LogP contribution in [0.15, 0.2) is 72.8 Å². The summed E-state index contributed by atoms with van der Waals surface area (Å²) in [5, 5.41) is 3.54. The summed E-state index contributed by atoms with van der Waals surface area (Å²) in [6.45, 7) is 2.94. The largest absolute Gasteiger partial charge is 0.493 e. The van der Waals surface area contributed by atoms with E-state index in [2.05, 4.69) is 48.6 Å². The van der Waals surface area contributed by atoms with Crippen molar-refractivity contribution in [2.75, 3.05) is 18.2 Å². The lowest BCUT2D eigenvalue weighted by atomic mass is 10.0. The molecule has 4 rings (SSSR count). The van der Waals surface area contributed by atoms with Gasteiger partial charge in [0.1, 0.15) is 17.2 Å². The lowest BCUT2D eigenvalue weighted by Crippen LogP contribution is -2.14. The summed E-state index contributed by atoms with van der Waals surface area (Å²) in [5.41, 5.74) is 4.04. The molecule has 1 aliphatic rings. The fraction of sp³-hybridized carbons (Fsp3) is 0.357. The normalized spacial score (nSPS) is 15.6. The van der Waals surface area contributed by atoms with Gasteiger partial charge in [0.2, 0.25) is 0 Å². The lowest BCUT2D eigenvalue weighted by molar-refractivity contribution is 0.303. The van der Waals surface area contributed by atoms with Crippen molar-refractivity contribution < 1.29 is 9.47 Å². The predicted octanol–water partition coefficient (Wildman–Crippen LogP) is 7.17. The highest BCUT2D eigenvalue weighted by molar-refractivity contribution is 7.99. The summed E-state index contributed by atoms with van der Waals surface area (Å²) in [7, 11) is 0. The molecule has 0 amide bonds. The van der Waals surface area contributed by atoms with Gasteiger partial charge in [-0.3, -0.25) is 0 Å². The van der Waals surface area contributed by atoms with Gasteiger partial charge in [-0.1, -0.05) is 55.8 Å². The first-order valence-electron chi connectivity index (χ1n) is 11.7. The molecule has 1 atom stereocenters. The van der Waals surface area contributed by atoms with E-state index >= 15 is 0 Å². The van der Waals surface area contributed by atoms with Crippen LogP contribution in [0.5, 0.6) is 17.2 Å². The molecule has 0 spiro atoms. The van der Waals surface area contributed by atoms with E-state index in [-0.39, 0.29) is 0 Å². The van der Waals surface area contributed by atoms with Gasteiger partial charge in [-0.15, -0.1) is 11.8 Å². The molecular weight excluding hydrogens is 414 g/mol. The van der Waals surface area contributed by atoms with E-state index in [1.165, 1.54) is 22.4 Å². The number of rotatable bonds is 11. The van der Waals surface area contributed by atoms with E-state index in [1.54, 1.807) is 0 Å². The Hall–Kier alpha value is -2.43. The second kappa shape index (κ2) is 12.0. The molecule has 0 radical (unpaired) electrons. The minimum Gasteiger partial charge on any atom is -0.493 e. The number of hydrogen-bond acceptors (Lipinski definition) is 4. The maximum atomic E-state index is 6.15. The van der Waals surface area contributed by atoms with Crippen molar-refractivity contribution in [3.05, 3.63) is 89.5 Å². The van der Waals surface area contributed by atoms with Gasteiger partial charge in [0, 0.05) is 17.7 Å². The Morgan fingerprint density at radius 3 is 2.50 bits per heavy atom. The van der Waals surface area contributed by atoms with Crippen LogP contribution >= 0.6 is 11.8 Å². The van der Waals surface area contributed by atoms with Crippen molar-refractivity contribution in [3.8, 4) is 17.2 Å². The minimum atomic E-state index is 0.518. The molecule has 0 bridgehead atoms. The molecule has 1 aliphatic heterocycles. The van der Waals surface area contributed by atoms with Crippen molar-refractivity contribution >= 4 is 11.8 Å². The van der Waals surface area contributed by atoms with Gasteiger partial charge < -0.3 is 14.8 Å². The third-order valence-corrected chi connectivity index (χ3v) is 6.69. The summed E-state index contributed by atoms with van der Waals surface area (Å²) in [6, 6.07) is 25.7. The van der Waals surface area contributed by atoms with Crippen LogP contribution in [-0.4, -0.2) is 18.2 Å². The first-order chi connectivity index (χ1) is 15.8. The van der Waals surface area contributed by atoms with Crippen molar-refractivity contribution in [3.63, 3.8) is 0 Å². The van der Waals surface area contributed by atoms with Gasteiger partial charge in [0.25, 0.3) is 0 Å². The molecule has 4 heteroatoms. The topological polar surface area (TPSA) is 30.5 Å². The highest BCUT2D eigenvalue weighted by Gasteiger charge is 2.16. The van der Waals surface area contributed by atoms with Crippen molar-refractivity contribution in [2.24, 2.45) is 0 Å². The van der Waals surface area contributed by atoms with Crippen LogP contribution in [0.25, 0.3) is 0 Å². The molecular formula is C28H33NO2S. The van der Waals surface area contributed by atoms with Crippen LogP contribution in [0, 0.1) is 0 Å². The average molecular weight is 448 g/mol. The van der Waals surface area contributed by atoms with Crippen molar-refractivity contribution in [1.82, 2.24) is 5.32 Å². The second-order valence-electron chi connectivity index (χ2n) is 8.25. The number of nitrogens with one attached hydrogen (secondary N) is 1. The first-order valence-corrected chi connectivity index (χ1v) is 12.9. The highest BCUT2D eigenvalue weighted by Crippen LogP contribution is 2.29. The maximum Gasteiger partial charge on any atom is 0.127 e. The molecule has 32 heavy (non-hydrogen) atoms. The number of thioether (sulfide) groups is 1. The Labute approximate surface area is 196 Å². The van der Waals surface area contributed by atoms with E-state index < -0.39 is 0 Å². The third kappa shape index (κ3) is 6.54. The number of para-hydroxylation sites is 1. The molecule has 0 aliphatic carbocycles. The molecule has 1 unspecified atom stereocenters. The van der Waals surface area contributed by atoms with Gasteiger partial charge in [-0.25, -0.2) is 0 Å². The monoisotopic (exact) mass is 447 g/mol. The molecule has 0 aromatic heterocycles. The Balaban J connectivity index is 1.24. The molecule has 3 nitrogen and oxygen atoms in total. The van der Waals surface area contributed by atoms with E-state index in [1.807, 2.05) is 48.2 Å². The minimum absolute atomic E-state index is 0.518. The molecule has 168 valence electrons. The molecule has 1 N–H and O–H groups in total. The second-order valence-corrected chi connectivity index (χ2v) is 9.28. The van der Waals surface area contributed by atoms with Crippen LogP contribution in [0.2, 0.25) is 0 Å². The smallest absolute Gasteiger partial charge is 0.127 e. The molecule has 1 heterocycles. The van der Waals surface area contributed by atoms with Gasteiger partial charge >= 0.3 is 0 Å². The predicted molar refractivity (Wildman–Crippen MR) is 135 cm³/mol. The van der Waals surface area contributed by atoms with Gasteiger partial charge in [0.05, 0.1) is 6.61 Å². The summed E-state index contributed by atoms with van der Waals surface area (Å²) < 4.78 is 12.1. The Morgan fingerprint density at radius 1 is 0.906 bits per heavy atom. The Kier molecular flexibility index (Phi) is 8.52. The van der Waals surface area contributed by atoms with Gasteiger partial charge in [-0.05, 0) is 72.7 Å². The zero-order valence-electron chi connectivity index (χ0n) is 18.9. The number of hydrogen-bond donors (Lipinski definition) is 1. The van der Waals surface area contributed by atoms with Crippen LogP contribution in [-0.2, 0) is 12.8 Å². The van der Waals surface area contributed by atoms with Crippen LogP contribution < -0.4 is 14.8 Å². The molecule has 0 saturated carbocycles. The van der Waals surface area contributed by atoms with E-state index in [0.717, 1.165) is 61.8 Å². The fourth-order valence-electron chi connectivity index (χ4n) is 3.99. The van der Waals surface area contributed by atoms with E-state index in [4.69, 9.17) is 9.47 Å². The number of ether oxygens (including phenoxy) is 2. The summed E-state index contributed by atoms with van der Waals surface area (Å²) in [5.74, 6) is 4.95. The third-order valence-electron chi connectivity index (χ3n) is 5.75. The summed E-state index contributed by atoms with van der Waals surface area (Å²) in [6.07, 6.45) is 5.35. The Bertz CT molecular complexity index is 953. The average Bonchev–Trinajstić information content (AvgIpc) is 3.36. The van der Waals surface area contributed by atoms with Gasteiger partial charge in [-0.2, -0.15) is 0 Å². The fourth-order valence-corrected chi connectivity index (χ4v) is 4.97. The summed E-state index contributed by atoms with van der Waals surface area (Å²) in [4.78, 5) is 0.